The summed E-state index contributed by atoms with van der Waals surface area (Å²) in [6, 6.07) is 96.7. The molecule has 0 heterocycles. The number of carbonyl (C=O) groups is 2. The minimum absolute atomic E-state index is 0.243. The topological polar surface area (TPSA) is 237 Å². The number of ether oxygens (including phenoxy) is 10. The first-order valence-electron chi connectivity index (χ1n) is 39.8. The monoisotopic (exact) mass is 1860 g/mol. The molecule has 0 aromatic heterocycles. The van der Waals surface area contributed by atoms with Crippen LogP contribution < -0.4 is 102 Å². The molecule has 0 aliphatic rings. The highest BCUT2D eigenvalue weighted by molar-refractivity contribution is 8.00. The van der Waals surface area contributed by atoms with Crippen LogP contribution in [0.15, 0.2) is 335 Å². The number of hydrogen-bond donors (Lipinski definition) is 0. The van der Waals surface area contributed by atoms with Crippen LogP contribution in [0.2, 0.25) is 0 Å². The molecule has 660 valence electrons. The summed E-state index contributed by atoms with van der Waals surface area (Å²) < 4.78 is 136. The second-order valence-corrected chi connectivity index (χ2v) is 33.4. The van der Waals surface area contributed by atoms with Crippen molar-refractivity contribution >= 4 is 114 Å². The van der Waals surface area contributed by atoms with Crippen LogP contribution >= 0.6 is 57.9 Å². The summed E-state index contributed by atoms with van der Waals surface area (Å²) in [5, 5.41) is 7.43. The lowest BCUT2D eigenvalue weighted by atomic mass is 10.1. The van der Waals surface area contributed by atoms with Crippen molar-refractivity contribution in [2.45, 2.75) is 19.6 Å². The van der Waals surface area contributed by atoms with Gasteiger partial charge in [-0.15, -0.1) is 0 Å². The van der Waals surface area contributed by atoms with Gasteiger partial charge in [0.15, 0.2) is 92.0 Å². The molecule has 0 unspecified atom stereocenters. The van der Waals surface area contributed by atoms with Crippen molar-refractivity contribution < 1.29 is 111 Å². The molecule has 0 aliphatic heterocycles. The molecule has 16 aromatic carbocycles. The zero-order valence-corrected chi connectivity index (χ0v) is 76.8. The molecule has 0 aliphatic carbocycles. The summed E-state index contributed by atoms with van der Waals surface area (Å²) in [6.45, 7) is 0. The standard InChI is InChI=1S/C52H44O14P2S.C48H40O10P2S/c1-55-37-19-25-43(49(29-37)59-5)63-68(64-44-26-20-38(56-2)30-50(44)60-6)66-46-24-18-36-12-8-10-14-40(36)52(46)69-51-39-13-9-7-11-35(39)17-23-45(51)65-67(61-41-21-15-33(31-53)27-47(41)57-3)62-42-22-16-34(32-54)28-48(42)58-4;1-49-37-21-9-13-25-41(37)53-59(54-42-26-14-10-22-38(42)50-2)57-45-31-29-33-17-5-7-19-35(33)47(45)61-48-36-20-8-6-18-34(36)30-32-46(48)58-60(55-43-27-15-11-23-39(43)51-3)56-44-28-16-12-24-40(44)52-4/h7-32H,1-6H3;5-32H,1-4H3. The Labute approximate surface area is 763 Å². The molecule has 0 atom stereocenters. The summed E-state index contributed by atoms with van der Waals surface area (Å²) in [4.78, 5) is 26.4. The quantitative estimate of drug-likeness (QED) is 0.0256. The fourth-order valence-corrected chi connectivity index (χ4v) is 20.0. The number of aldehydes is 2. The van der Waals surface area contributed by atoms with Gasteiger partial charge < -0.3 is 102 Å². The van der Waals surface area contributed by atoms with E-state index in [1.54, 1.807) is 140 Å². The van der Waals surface area contributed by atoms with Crippen molar-refractivity contribution in [1.29, 1.82) is 0 Å². The number of fused-ring (bicyclic) bond motifs is 4. The van der Waals surface area contributed by atoms with Crippen LogP contribution in [0, 0.1) is 0 Å². The van der Waals surface area contributed by atoms with E-state index in [0.29, 0.717) is 137 Å². The highest BCUT2D eigenvalue weighted by atomic mass is 32.2. The number of methoxy groups -OCH3 is 10. The van der Waals surface area contributed by atoms with Gasteiger partial charge in [-0.25, -0.2) is 0 Å². The van der Waals surface area contributed by atoms with Gasteiger partial charge in [0.2, 0.25) is 0 Å². The molecule has 0 amide bonds. The Balaban J connectivity index is 0.000000201. The number of benzene rings is 16. The van der Waals surface area contributed by atoms with Gasteiger partial charge in [-0.3, -0.25) is 9.59 Å². The van der Waals surface area contributed by atoms with E-state index in [0.717, 1.165) is 52.9 Å². The van der Waals surface area contributed by atoms with E-state index in [1.807, 2.05) is 194 Å². The minimum Gasteiger partial charge on any atom is -0.497 e. The van der Waals surface area contributed by atoms with Crippen LogP contribution in [0.5, 0.6) is 126 Å². The van der Waals surface area contributed by atoms with Crippen molar-refractivity contribution in [3.8, 4) is 126 Å². The molecule has 130 heavy (non-hydrogen) atoms. The maximum atomic E-state index is 11.7. The highest BCUT2D eigenvalue weighted by Gasteiger charge is 2.34. The van der Waals surface area contributed by atoms with Gasteiger partial charge in [-0.2, -0.15) is 0 Å². The van der Waals surface area contributed by atoms with Gasteiger partial charge >= 0.3 is 34.4 Å². The predicted molar refractivity (Wildman–Crippen MR) is 507 cm³/mol. The van der Waals surface area contributed by atoms with Gasteiger partial charge in [0.1, 0.15) is 47.1 Å². The fourth-order valence-electron chi connectivity index (χ4n) is 13.1. The van der Waals surface area contributed by atoms with E-state index in [1.165, 1.54) is 52.0 Å². The molecule has 0 saturated carbocycles. The van der Waals surface area contributed by atoms with Crippen LogP contribution in [0.3, 0.4) is 0 Å². The molecule has 0 spiro atoms. The molecule has 0 N–H and O–H groups in total. The Morgan fingerprint density at radius 2 is 0.377 bits per heavy atom. The highest BCUT2D eigenvalue weighted by Crippen LogP contribution is 2.59. The second kappa shape index (κ2) is 44.1. The van der Waals surface area contributed by atoms with Gasteiger partial charge in [-0.05, 0) is 177 Å². The first-order chi connectivity index (χ1) is 63.8. The third-order valence-electron chi connectivity index (χ3n) is 19.5. The van der Waals surface area contributed by atoms with E-state index in [-0.39, 0.29) is 23.0 Å². The first-order valence-corrected chi connectivity index (χ1v) is 45.9. The lowest BCUT2D eigenvalue weighted by Gasteiger charge is -2.23. The van der Waals surface area contributed by atoms with Crippen molar-refractivity contribution in [1.82, 2.24) is 0 Å². The zero-order valence-electron chi connectivity index (χ0n) is 71.6. The molecule has 16 rings (SSSR count). The average Bonchev–Trinajstić information content (AvgIpc) is 0.780. The lowest BCUT2D eigenvalue weighted by Crippen LogP contribution is -2.06. The maximum Gasteiger partial charge on any atom is 0.530 e. The Bertz CT molecular complexity index is 6250. The largest absolute Gasteiger partial charge is 0.530 e. The third kappa shape index (κ3) is 21.8. The smallest absolute Gasteiger partial charge is 0.497 e. The van der Waals surface area contributed by atoms with Gasteiger partial charge in [0, 0.05) is 23.3 Å². The van der Waals surface area contributed by atoms with Gasteiger partial charge in [0.05, 0.1) is 90.7 Å². The molecule has 0 saturated heterocycles. The van der Waals surface area contributed by atoms with Crippen LogP contribution in [0.25, 0.3) is 43.1 Å². The van der Waals surface area contributed by atoms with Crippen molar-refractivity contribution in [2.75, 3.05) is 71.1 Å². The van der Waals surface area contributed by atoms with Crippen molar-refractivity contribution in [3.63, 3.8) is 0 Å². The minimum atomic E-state index is -2.40. The Hall–Kier alpha value is -14.1. The summed E-state index contributed by atoms with van der Waals surface area (Å²) >= 11 is 2.89. The third-order valence-corrected chi connectivity index (χ3v) is 26.2. The molecule has 0 radical (unpaired) electrons. The van der Waals surface area contributed by atoms with Gasteiger partial charge in [-0.1, -0.05) is 193 Å². The van der Waals surface area contributed by atoms with Gasteiger partial charge in [0.25, 0.3) is 0 Å². The lowest BCUT2D eigenvalue weighted by molar-refractivity contribution is 0.111. The number of carbonyl (C=O) groups excluding carboxylic acids is 2. The molecule has 30 heteroatoms. The predicted octanol–water partition coefficient (Wildman–Crippen LogP) is 27.1. The Morgan fingerprint density at radius 3 is 0.608 bits per heavy atom. The molecular weight excluding hydrogens is 1770 g/mol. The summed E-state index contributed by atoms with van der Waals surface area (Å²) in [6.07, 6.45) is 1.41. The van der Waals surface area contributed by atoms with E-state index >= 15 is 0 Å². The zero-order chi connectivity index (χ0) is 90.2. The fraction of sp³-hybridized carbons (Fsp3) is 0.100. The van der Waals surface area contributed by atoms with Crippen molar-refractivity contribution in [3.05, 3.63) is 327 Å². The summed E-state index contributed by atoms with van der Waals surface area (Å²) in [5.41, 5.74) is 0.757. The second-order valence-electron chi connectivity index (χ2n) is 27.3. The van der Waals surface area contributed by atoms with Crippen LogP contribution in [-0.2, 0) is 0 Å². The van der Waals surface area contributed by atoms with Crippen LogP contribution in [0.1, 0.15) is 20.7 Å². The van der Waals surface area contributed by atoms with E-state index in [9.17, 15) is 9.59 Å². The van der Waals surface area contributed by atoms with E-state index in [2.05, 4.69) is 24.3 Å². The molecule has 24 nitrogen and oxygen atoms in total. The number of hydrogen-bond acceptors (Lipinski definition) is 26. The van der Waals surface area contributed by atoms with Crippen LogP contribution in [0.4, 0.5) is 0 Å². The average molecular weight is 1860 g/mol. The van der Waals surface area contributed by atoms with E-state index < -0.39 is 34.4 Å². The normalized spacial score (nSPS) is 10.9. The van der Waals surface area contributed by atoms with E-state index in [4.69, 9.17) is 102 Å². The van der Waals surface area contributed by atoms with Crippen molar-refractivity contribution in [2.24, 2.45) is 0 Å². The Morgan fingerprint density at radius 1 is 0.185 bits per heavy atom. The summed E-state index contributed by atoms with van der Waals surface area (Å²) in [7, 11) is 6.40. The van der Waals surface area contributed by atoms with Crippen LogP contribution in [-0.4, -0.2) is 83.7 Å². The SMILES string of the molecule is COc1ccc(OP(Oc2ccc(OC)cc2OC)Oc2ccc3ccccc3c2Sc2c(OP(Oc3ccc(C=O)cc3OC)Oc3ccc(C=O)cc3OC)ccc3ccccc23)c(OC)c1.COc1ccccc1OP(Oc1ccccc1OC)Oc1ccc2ccccc2c1Sc1c(OP(Oc2ccccc2OC)Oc2ccccc2OC)ccc2ccccc12. The first kappa shape index (κ1) is 90.7. The molecule has 16 aromatic rings. The number of rotatable bonds is 40. The maximum absolute atomic E-state index is 11.7. The number of para-hydroxylation sites is 8. The summed E-state index contributed by atoms with van der Waals surface area (Å²) in [5.74, 6) is 9.30. The molecule has 0 bridgehead atoms. The molecule has 0 fully saturated rings. The Kier molecular flexibility index (Phi) is 30.8. The molecular formula is C100H84O24P4S2.